The fraction of sp³-hybridized carbons (Fsp3) is 0.472. The van der Waals surface area contributed by atoms with Gasteiger partial charge in [0.25, 0.3) is 11.8 Å². The van der Waals surface area contributed by atoms with Crippen LogP contribution in [-0.2, 0) is 23.9 Å². The molecule has 85 heavy (non-hydrogen) atoms. The highest BCUT2D eigenvalue weighted by atomic mass is 32.5. The number of hydrogen-bond acceptors (Lipinski definition) is 12. The number of nitriles is 1. The number of amides is 4. The molecule has 4 fully saturated rings. The van der Waals surface area contributed by atoms with Gasteiger partial charge in [0.15, 0.2) is 6.19 Å². The maximum absolute atomic E-state index is 14.3. The molecule has 4 heterocycles. The van der Waals surface area contributed by atoms with Gasteiger partial charge in [0.05, 0.1) is 24.8 Å². The Kier molecular flexibility index (Phi) is 17.1. The fourth-order valence-corrected chi connectivity index (χ4v) is 11.9. The number of hydrogen-bond donors (Lipinski definition) is 3. The lowest BCUT2D eigenvalue weighted by Gasteiger charge is -2.41. The van der Waals surface area contributed by atoms with Gasteiger partial charge >= 0.3 is 20.4 Å². The Hall–Kier alpha value is -7.16. The van der Waals surface area contributed by atoms with E-state index in [4.69, 9.17) is 11.2 Å². The van der Waals surface area contributed by atoms with Gasteiger partial charge in [-0.25, -0.2) is 27.5 Å². The molecule has 6 atom stereocenters. The standard InChI is InChI=1S/C28H31F7N4O3S.C25H27F7N6O3S/c1-4-38-17-21(42-3)15-24(38)27(41)39(20-5-7-22(8-6-20)43(31,32,33,34)35)25(23-16-36-14-11-18(23)2)26(40)37-19-9-12-28(29,30)13-10-19;1-24(41)10-20(37(13-24)14-33)23(40)38(18-2-4-19(5-3-18)42(28,29,30,31)32)21(16-11-34-15-35-12-16)22(39)36-17-6-8-25(26,27)9-7-17/h1,5-8,11,14,16,19,21,24-25H,9-10,12-13,15,17H2,2-3H3,(H,37,40);2-5,11-12,15,17,20-21,41H,6-10,13H2,1H3,(H,36,39)/t21-,24-,25?;20-,21?,24-/m11/s1. The predicted octanol–water partition coefficient (Wildman–Crippen LogP) is 11.7. The molecule has 2 aromatic heterocycles. The number of halogens is 14. The summed E-state index contributed by atoms with van der Waals surface area (Å²) in [5.41, 5.74) is -1.65. The summed E-state index contributed by atoms with van der Waals surface area (Å²) in [6, 6.07) is -0.301. The highest BCUT2D eigenvalue weighted by Crippen LogP contribution is 3.02. The summed E-state index contributed by atoms with van der Waals surface area (Å²) in [5.74, 6) is -9.37. The molecule has 2 aliphatic heterocycles. The first-order chi connectivity index (χ1) is 39.0. The summed E-state index contributed by atoms with van der Waals surface area (Å²) in [6.45, 7) is 2.83. The van der Waals surface area contributed by atoms with Crippen molar-refractivity contribution in [2.24, 2.45) is 0 Å². The van der Waals surface area contributed by atoms with Gasteiger partial charge in [0.1, 0.15) is 40.3 Å². The zero-order valence-corrected chi connectivity index (χ0v) is 47.0. The Morgan fingerprint density at radius 2 is 1.15 bits per heavy atom. The molecule has 0 radical (unpaired) electrons. The molecule has 4 amide bonds. The molecule has 2 unspecified atom stereocenters. The van der Waals surface area contributed by atoms with E-state index >= 15 is 0 Å². The van der Waals surface area contributed by atoms with Crippen molar-refractivity contribution in [2.75, 3.05) is 30.0 Å². The molecule has 3 N–H and O–H groups in total. The second kappa shape index (κ2) is 22.3. The van der Waals surface area contributed by atoms with Crippen LogP contribution in [0.15, 0.2) is 95.5 Å². The van der Waals surface area contributed by atoms with Gasteiger partial charge in [-0.05, 0) is 99.7 Å². The molecule has 2 aliphatic carbocycles. The van der Waals surface area contributed by atoms with Gasteiger partial charge in [-0.1, -0.05) is 45.3 Å². The van der Waals surface area contributed by atoms with E-state index in [1.54, 1.807) is 19.2 Å². The first-order valence-electron chi connectivity index (χ1n) is 26.0. The quantitative estimate of drug-likeness (QED) is 0.0579. The zero-order chi connectivity index (χ0) is 63.1. The third-order valence-corrected chi connectivity index (χ3v) is 17.3. The van der Waals surface area contributed by atoms with Crippen LogP contribution >= 0.6 is 20.4 Å². The number of nitrogens with zero attached hydrogens (tertiary/aromatic N) is 8. The number of terminal acetylenes is 1. The van der Waals surface area contributed by atoms with Crippen molar-refractivity contribution >= 4 is 55.5 Å². The Balaban J connectivity index is 0.000000244. The number of aryl methyl sites for hydroxylation is 1. The normalized spacial score (nSPS) is 24.0. The SMILES string of the molecule is C#CN1C[C@H](OC)C[C@@H]1C(=O)N(c1ccc(S(F)(F)(F)(F)F)cc1)C(C(=O)NC1CCC(F)(F)CC1)c1cnccc1C.C[C@@]1(O)C[C@H](C(=O)N(c2ccc(S(F)(F)(F)(F)F)cc2)C(C(=O)NC2CCC(F)(F)CC2)c2cncnc2)N(C#N)C1. The van der Waals surface area contributed by atoms with Crippen molar-refractivity contribution in [3.63, 3.8) is 0 Å². The molecule has 32 heteroatoms. The lowest BCUT2D eigenvalue weighted by atomic mass is 9.91. The minimum absolute atomic E-state index is 0.0467. The summed E-state index contributed by atoms with van der Waals surface area (Å²) in [6.07, 6.45) is 10.5. The lowest BCUT2D eigenvalue weighted by Crippen LogP contribution is -2.52. The maximum Gasteiger partial charge on any atom is 0.310 e. The Labute approximate surface area is 478 Å². The summed E-state index contributed by atoms with van der Waals surface area (Å²) in [4.78, 5) is 67.2. The van der Waals surface area contributed by atoms with Crippen molar-refractivity contribution in [1.29, 1.82) is 5.26 Å². The second-order valence-corrected chi connectivity index (χ2v) is 26.5. The number of rotatable bonds is 15. The minimum atomic E-state index is -10.1. The Morgan fingerprint density at radius 1 is 0.706 bits per heavy atom. The van der Waals surface area contributed by atoms with Gasteiger partial charge < -0.3 is 25.4 Å². The van der Waals surface area contributed by atoms with Gasteiger partial charge in [-0.15, -0.1) is 0 Å². The number of anilines is 2. The molecule has 2 aromatic carbocycles. The van der Waals surface area contributed by atoms with Crippen LogP contribution in [0.25, 0.3) is 0 Å². The van der Waals surface area contributed by atoms with Crippen LogP contribution in [0.4, 0.5) is 67.8 Å². The van der Waals surface area contributed by atoms with Crippen molar-refractivity contribution < 1.29 is 85.4 Å². The van der Waals surface area contributed by atoms with E-state index in [1.165, 1.54) is 31.3 Å². The van der Waals surface area contributed by atoms with Crippen molar-refractivity contribution in [1.82, 2.24) is 35.4 Å². The van der Waals surface area contributed by atoms with Crippen molar-refractivity contribution in [3.8, 4) is 18.7 Å². The molecule has 8 rings (SSSR count). The molecular weight excluding hydrogens is 1200 g/mol. The largest absolute Gasteiger partial charge is 0.388 e. The number of likely N-dealkylation sites (tertiary alicyclic amines) is 2. The number of alkyl halides is 4. The van der Waals surface area contributed by atoms with Crippen molar-refractivity contribution in [3.05, 3.63) is 102 Å². The number of pyridine rings is 1. The van der Waals surface area contributed by atoms with Crippen LogP contribution in [0.3, 0.4) is 0 Å². The second-order valence-electron chi connectivity index (χ2n) is 21.7. The van der Waals surface area contributed by atoms with E-state index in [-0.39, 0.29) is 92.7 Å². The average Bonchev–Trinajstić information content (AvgIpc) is 1.40. The van der Waals surface area contributed by atoms with Crippen LogP contribution in [0, 0.1) is 30.8 Å². The molecule has 0 spiro atoms. The average molecular weight is 1260 g/mol. The molecule has 16 nitrogen and oxygen atoms in total. The Bertz CT molecular complexity index is 3220. The van der Waals surface area contributed by atoms with E-state index in [2.05, 4.69) is 31.6 Å². The van der Waals surface area contributed by atoms with Crippen LogP contribution in [0.5, 0.6) is 0 Å². The smallest absolute Gasteiger partial charge is 0.310 e. The van der Waals surface area contributed by atoms with Crippen LogP contribution in [-0.4, -0.2) is 121 Å². The molecule has 2 saturated heterocycles. The summed E-state index contributed by atoms with van der Waals surface area (Å²) >= 11 is 0. The number of benzene rings is 2. The van der Waals surface area contributed by atoms with Crippen LogP contribution in [0.1, 0.15) is 99.9 Å². The molecule has 4 aliphatic rings. The van der Waals surface area contributed by atoms with E-state index in [9.17, 15) is 86.0 Å². The molecule has 466 valence electrons. The highest BCUT2D eigenvalue weighted by Gasteiger charge is 2.66. The lowest BCUT2D eigenvalue weighted by molar-refractivity contribution is -0.129. The molecular formula is C53H58F14N10O6S2. The van der Waals surface area contributed by atoms with E-state index in [0.29, 0.717) is 29.8 Å². The first kappa shape index (κ1) is 65.4. The maximum atomic E-state index is 14.3. The van der Waals surface area contributed by atoms with Gasteiger partial charge in [0.2, 0.25) is 23.7 Å². The minimum Gasteiger partial charge on any atom is -0.388 e. The number of aliphatic hydroxyl groups is 1. The highest BCUT2D eigenvalue weighted by molar-refractivity contribution is 8.46. The van der Waals surface area contributed by atoms with E-state index in [1.807, 2.05) is 0 Å². The zero-order valence-electron chi connectivity index (χ0n) is 45.4. The number of carbonyl (C=O) groups excluding carboxylic acids is 4. The van der Waals surface area contributed by atoms with Gasteiger partial charge in [-0.2, -0.15) is 5.26 Å². The number of methoxy groups -OCH3 is 1. The van der Waals surface area contributed by atoms with Crippen LogP contribution in [0.2, 0.25) is 0 Å². The first-order valence-corrected chi connectivity index (χ1v) is 29.9. The molecule has 0 bridgehead atoms. The summed E-state index contributed by atoms with van der Waals surface area (Å²) in [5, 5.41) is 25.5. The van der Waals surface area contributed by atoms with E-state index in [0.717, 1.165) is 33.4 Å². The van der Waals surface area contributed by atoms with Crippen LogP contribution < -0.4 is 20.4 Å². The number of β-amino-alcohol motifs (C(OH)–C–C–N with tert-alkyl or cyclic N) is 1. The Morgan fingerprint density at radius 3 is 1.58 bits per heavy atom. The third kappa shape index (κ3) is 16.0. The number of carbonyl (C=O) groups is 4. The summed E-state index contributed by atoms with van der Waals surface area (Å²) < 4.78 is 195. The van der Waals surface area contributed by atoms with Gasteiger partial charge in [-0.3, -0.25) is 38.9 Å². The predicted molar refractivity (Wildman–Crippen MR) is 284 cm³/mol. The van der Waals surface area contributed by atoms with Crippen molar-refractivity contribution in [2.45, 2.75) is 148 Å². The number of aromatic nitrogens is 3. The van der Waals surface area contributed by atoms with Gasteiger partial charge in [0, 0.05) is 111 Å². The number of nitrogens with one attached hydrogen (secondary N) is 2. The molecule has 2 saturated carbocycles. The van der Waals surface area contributed by atoms with E-state index < -0.39 is 145 Å². The number of ether oxygens (including phenoxy) is 1. The summed E-state index contributed by atoms with van der Waals surface area (Å²) in [7, 11) is -18.8. The monoisotopic (exact) mass is 1260 g/mol. The third-order valence-electron chi connectivity index (χ3n) is 15.0. The topological polar surface area (TPSA) is 197 Å². The fourth-order valence-electron chi connectivity index (χ4n) is 10.6. The molecule has 4 aromatic rings.